The summed E-state index contributed by atoms with van der Waals surface area (Å²) in [6.07, 6.45) is 0. The van der Waals surface area contributed by atoms with Crippen LogP contribution in [0.25, 0.3) is 0 Å². The van der Waals surface area contributed by atoms with E-state index in [1.54, 1.807) is 4.90 Å². The summed E-state index contributed by atoms with van der Waals surface area (Å²) in [5, 5.41) is 3.35. The maximum atomic E-state index is 12.1. The second-order valence-corrected chi connectivity index (χ2v) is 4.96. The molecular weight excluding hydrogens is 226 g/mol. The number of anilines is 2. The van der Waals surface area contributed by atoms with Crippen LogP contribution in [-0.4, -0.2) is 43.5 Å². The molecule has 0 unspecified atom stereocenters. The highest BCUT2D eigenvalue weighted by Gasteiger charge is 2.20. The number of para-hydroxylation sites is 2. The van der Waals surface area contributed by atoms with Gasteiger partial charge >= 0.3 is 0 Å². The molecule has 98 valence electrons. The van der Waals surface area contributed by atoms with Crippen molar-refractivity contribution in [1.29, 1.82) is 0 Å². The first-order valence-corrected chi connectivity index (χ1v) is 6.43. The molecule has 0 saturated heterocycles. The molecule has 0 bridgehead atoms. The third-order valence-electron chi connectivity index (χ3n) is 3.44. The zero-order chi connectivity index (χ0) is 13.1. The fourth-order valence-electron chi connectivity index (χ4n) is 2.07. The topological polar surface area (TPSA) is 35.6 Å². The minimum Gasteiger partial charge on any atom is -0.382 e. The molecule has 4 heteroatoms. The van der Waals surface area contributed by atoms with E-state index in [-0.39, 0.29) is 11.9 Å². The van der Waals surface area contributed by atoms with Crippen LogP contribution in [0.1, 0.15) is 13.8 Å². The lowest BCUT2D eigenvalue weighted by Gasteiger charge is -2.33. The fraction of sp³-hybridized carbons (Fsp3) is 0.500. The molecule has 0 saturated carbocycles. The Balaban J connectivity index is 2.10. The van der Waals surface area contributed by atoms with E-state index < -0.39 is 0 Å². The third-order valence-corrected chi connectivity index (χ3v) is 3.44. The molecule has 0 radical (unpaired) electrons. The molecule has 1 amide bonds. The number of likely N-dealkylation sites (N-methyl/N-ethyl adjacent to an activating group) is 1. The maximum Gasteiger partial charge on any atom is 0.242 e. The number of carbonyl (C=O) groups is 1. The third kappa shape index (κ3) is 2.58. The Hall–Kier alpha value is -1.71. The average molecular weight is 247 g/mol. The van der Waals surface area contributed by atoms with Gasteiger partial charge in [-0.1, -0.05) is 12.1 Å². The van der Waals surface area contributed by atoms with Gasteiger partial charge in [0.1, 0.15) is 0 Å². The minimum atomic E-state index is 0.168. The number of fused-ring (bicyclic) bond motifs is 1. The van der Waals surface area contributed by atoms with Crippen molar-refractivity contribution >= 4 is 17.3 Å². The first-order chi connectivity index (χ1) is 8.59. The molecule has 1 aromatic carbocycles. The standard InChI is InChI=1S/C14H21N3O/c1-11(2)16(3)14(18)10-17-9-8-15-12-6-4-5-7-13(12)17/h4-7,11,15H,8-10H2,1-3H3. The quantitative estimate of drug-likeness (QED) is 0.884. The Morgan fingerprint density at radius 3 is 2.89 bits per heavy atom. The fourth-order valence-corrected chi connectivity index (χ4v) is 2.07. The van der Waals surface area contributed by atoms with Gasteiger partial charge in [-0.25, -0.2) is 0 Å². The summed E-state index contributed by atoms with van der Waals surface area (Å²) in [7, 11) is 1.86. The Labute approximate surface area is 109 Å². The largest absolute Gasteiger partial charge is 0.382 e. The van der Waals surface area contributed by atoms with E-state index in [1.165, 1.54) is 0 Å². The molecule has 0 fully saturated rings. The zero-order valence-corrected chi connectivity index (χ0v) is 11.3. The summed E-state index contributed by atoms with van der Waals surface area (Å²) in [5.74, 6) is 0.168. The molecule has 1 aliphatic heterocycles. The van der Waals surface area contributed by atoms with Gasteiger partial charge in [-0.3, -0.25) is 4.79 Å². The van der Waals surface area contributed by atoms with Gasteiger partial charge in [0.05, 0.1) is 17.9 Å². The normalized spacial score (nSPS) is 14.1. The molecule has 18 heavy (non-hydrogen) atoms. The predicted octanol–water partition coefficient (Wildman–Crippen LogP) is 1.79. The lowest BCUT2D eigenvalue weighted by Crippen LogP contribution is -2.44. The van der Waals surface area contributed by atoms with E-state index in [9.17, 15) is 4.79 Å². The van der Waals surface area contributed by atoms with Crippen molar-refractivity contribution in [1.82, 2.24) is 4.90 Å². The first kappa shape index (κ1) is 12.7. The summed E-state index contributed by atoms with van der Waals surface area (Å²) in [6, 6.07) is 8.38. The average Bonchev–Trinajstić information content (AvgIpc) is 2.38. The minimum absolute atomic E-state index is 0.168. The van der Waals surface area contributed by atoms with Gasteiger partial charge < -0.3 is 15.1 Å². The molecule has 0 spiro atoms. The number of rotatable bonds is 3. The Bertz CT molecular complexity index is 431. The summed E-state index contributed by atoms with van der Waals surface area (Å²) in [6.45, 7) is 6.27. The molecule has 1 aromatic rings. The number of carbonyl (C=O) groups excluding carboxylic acids is 1. The Morgan fingerprint density at radius 1 is 1.44 bits per heavy atom. The van der Waals surface area contributed by atoms with Crippen LogP contribution in [0.3, 0.4) is 0 Å². The Morgan fingerprint density at radius 2 is 2.17 bits per heavy atom. The number of nitrogens with zero attached hydrogens (tertiary/aromatic N) is 2. The maximum absolute atomic E-state index is 12.1. The van der Waals surface area contributed by atoms with Crippen LogP contribution >= 0.6 is 0 Å². The van der Waals surface area contributed by atoms with Gasteiger partial charge in [0.25, 0.3) is 0 Å². The van der Waals surface area contributed by atoms with Crippen LogP contribution in [0.2, 0.25) is 0 Å². The van der Waals surface area contributed by atoms with Gasteiger partial charge in [0.2, 0.25) is 5.91 Å². The summed E-state index contributed by atoms with van der Waals surface area (Å²) < 4.78 is 0. The van der Waals surface area contributed by atoms with Gasteiger partial charge in [0, 0.05) is 26.2 Å². The van der Waals surface area contributed by atoms with Crippen molar-refractivity contribution in [2.75, 3.05) is 36.9 Å². The summed E-state index contributed by atoms with van der Waals surface area (Å²) >= 11 is 0. The molecule has 1 heterocycles. The number of benzene rings is 1. The lowest BCUT2D eigenvalue weighted by atomic mass is 10.2. The number of hydrogen-bond acceptors (Lipinski definition) is 3. The van der Waals surface area contributed by atoms with Crippen LogP contribution in [0, 0.1) is 0 Å². The van der Waals surface area contributed by atoms with Gasteiger partial charge in [0.15, 0.2) is 0 Å². The van der Waals surface area contributed by atoms with Crippen LogP contribution in [-0.2, 0) is 4.79 Å². The predicted molar refractivity (Wildman–Crippen MR) is 75.1 cm³/mol. The molecule has 1 aliphatic rings. The number of nitrogens with one attached hydrogen (secondary N) is 1. The SMILES string of the molecule is CC(C)N(C)C(=O)CN1CCNc2ccccc21. The van der Waals surface area contributed by atoms with E-state index in [1.807, 2.05) is 33.0 Å². The van der Waals surface area contributed by atoms with Crippen LogP contribution in [0.4, 0.5) is 11.4 Å². The smallest absolute Gasteiger partial charge is 0.242 e. The van der Waals surface area contributed by atoms with E-state index >= 15 is 0 Å². The summed E-state index contributed by atoms with van der Waals surface area (Å²) in [4.78, 5) is 16.1. The number of amides is 1. The van der Waals surface area contributed by atoms with Crippen LogP contribution in [0.5, 0.6) is 0 Å². The highest BCUT2D eigenvalue weighted by Crippen LogP contribution is 2.28. The molecule has 1 N–H and O–H groups in total. The second-order valence-electron chi connectivity index (χ2n) is 4.96. The molecule has 0 aliphatic carbocycles. The molecule has 0 aromatic heterocycles. The molecule has 4 nitrogen and oxygen atoms in total. The van der Waals surface area contributed by atoms with E-state index in [0.29, 0.717) is 6.54 Å². The Kier molecular flexibility index (Phi) is 3.75. The van der Waals surface area contributed by atoms with Crippen molar-refractivity contribution in [2.45, 2.75) is 19.9 Å². The molecule has 0 atom stereocenters. The van der Waals surface area contributed by atoms with E-state index in [2.05, 4.69) is 22.3 Å². The van der Waals surface area contributed by atoms with Crippen molar-refractivity contribution in [3.8, 4) is 0 Å². The van der Waals surface area contributed by atoms with E-state index in [4.69, 9.17) is 0 Å². The number of hydrogen-bond donors (Lipinski definition) is 1. The van der Waals surface area contributed by atoms with Crippen molar-refractivity contribution in [3.63, 3.8) is 0 Å². The zero-order valence-electron chi connectivity index (χ0n) is 11.3. The van der Waals surface area contributed by atoms with Gasteiger partial charge in [-0.15, -0.1) is 0 Å². The molecule has 2 rings (SSSR count). The van der Waals surface area contributed by atoms with Gasteiger partial charge in [-0.2, -0.15) is 0 Å². The van der Waals surface area contributed by atoms with Crippen molar-refractivity contribution < 1.29 is 4.79 Å². The monoisotopic (exact) mass is 247 g/mol. The van der Waals surface area contributed by atoms with Gasteiger partial charge in [-0.05, 0) is 26.0 Å². The van der Waals surface area contributed by atoms with E-state index in [0.717, 1.165) is 24.5 Å². The second kappa shape index (κ2) is 5.29. The summed E-state index contributed by atoms with van der Waals surface area (Å²) in [5.41, 5.74) is 2.23. The van der Waals surface area contributed by atoms with Crippen molar-refractivity contribution in [3.05, 3.63) is 24.3 Å². The van der Waals surface area contributed by atoms with Crippen LogP contribution in [0.15, 0.2) is 24.3 Å². The molecular formula is C14H21N3O. The van der Waals surface area contributed by atoms with Crippen LogP contribution < -0.4 is 10.2 Å². The van der Waals surface area contributed by atoms with Crippen molar-refractivity contribution in [2.24, 2.45) is 0 Å². The lowest BCUT2D eigenvalue weighted by molar-refractivity contribution is -0.129. The highest BCUT2D eigenvalue weighted by atomic mass is 16.2. The first-order valence-electron chi connectivity index (χ1n) is 6.43. The highest BCUT2D eigenvalue weighted by molar-refractivity contribution is 5.84.